The van der Waals surface area contributed by atoms with Crippen molar-refractivity contribution in [2.45, 2.75) is 17.5 Å². The first-order valence-corrected chi connectivity index (χ1v) is 7.15. The van der Waals surface area contributed by atoms with Crippen LogP contribution in [0.3, 0.4) is 0 Å². The van der Waals surface area contributed by atoms with Crippen LogP contribution in [0.5, 0.6) is 5.75 Å². The lowest BCUT2D eigenvalue weighted by Crippen LogP contribution is -2.34. The van der Waals surface area contributed by atoms with E-state index in [1.165, 1.54) is 0 Å². The van der Waals surface area contributed by atoms with Gasteiger partial charge in [-0.15, -0.1) is 0 Å². The summed E-state index contributed by atoms with van der Waals surface area (Å²) in [6, 6.07) is 12.3. The fourth-order valence-electron chi connectivity index (χ4n) is 2.33. The van der Waals surface area contributed by atoms with Crippen LogP contribution in [0.1, 0.15) is 12.5 Å². The van der Waals surface area contributed by atoms with Crippen molar-refractivity contribution in [3.63, 3.8) is 0 Å². The Balaban J connectivity index is 2.46. The third kappa shape index (κ3) is 2.82. The first-order valence-electron chi connectivity index (χ1n) is 6.35. The zero-order valence-corrected chi connectivity index (χ0v) is 13.7. The first-order chi connectivity index (χ1) is 9.52. The van der Waals surface area contributed by atoms with Crippen molar-refractivity contribution in [1.82, 2.24) is 0 Å². The van der Waals surface area contributed by atoms with Crippen molar-refractivity contribution in [1.29, 1.82) is 0 Å². The van der Waals surface area contributed by atoms with Crippen molar-refractivity contribution in [3.8, 4) is 5.75 Å². The average Bonchev–Trinajstić information content (AvgIpc) is 2.47. The fourth-order valence-corrected chi connectivity index (χ4v) is 2.95. The van der Waals surface area contributed by atoms with Crippen molar-refractivity contribution < 1.29 is 14.2 Å². The summed E-state index contributed by atoms with van der Waals surface area (Å²) < 4.78 is 15.6. The van der Waals surface area contributed by atoms with Gasteiger partial charge in [-0.3, -0.25) is 0 Å². The van der Waals surface area contributed by atoms with Gasteiger partial charge in [-0.2, -0.15) is 0 Å². The molecule has 2 rings (SSSR count). The van der Waals surface area contributed by atoms with Crippen molar-refractivity contribution in [3.05, 3.63) is 42.0 Å². The average molecular weight is 339 g/mol. The number of hydrogen-bond acceptors (Lipinski definition) is 3. The van der Waals surface area contributed by atoms with Gasteiger partial charge in [-0.25, -0.2) is 0 Å². The van der Waals surface area contributed by atoms with Gasteiger partial charge in [0.05, 0.1) is 11.4 Å². The molecule has 3 nitrogen and oxygen atoms in total. The molecule has 1 atom stereocenters. The number of rotatable bonds is 5. The molecule has 0 fully saturated rings. The standard InChI is InChI=1S/C16H19BrO3/c1-16(17,15(19-3)20-4)13-7-5-12-10-14(18-2)8-6-11(12)9-13/h5-10,15H,1-4H3. The number of benzene rings is 2. The summed E-state index contributed by atoms with van der Waals surface area (Å²) in [7, 11) is 4.95. The minimum absolute atomic E-state index is 0.363. The Labute approximate surface area is 128 Å². The molecule has 0 bridgehead atoms. The molecule has 2 aromatic rings. The molecular weight excluding hydrogens is 320 g/mol. The Morgan fingerprint density at radius 1 is 0.950 bits per heavy atom. The SMILES string of the molecule is COc1ccc2cc(C(C)(Br)C(OC)OC)ccc2c1. The smallest absolute Gasteiger partial charge is 0.175 e. The second-order valence-electron chi connectivity index (χ2n) is 4.81. The van der Waals surface area contributed by atoms with Crippen LogP contribution >= 0.6 is 15.9 Å². The van der Waals surface area contributed by atoms with Crippen LogP contribution in [0.15, 0.2) is 36.4 Å². The van der Waals surface area contributed by atoms with E-state index in [0.717, 1.165) is 22.1 Å². The zero-order valence-electron chi connectivity index (χ0n) is 12.1. The molecule has 0 amide bonds. The van der Waals surface area contributed by atoms with E-state index in [-0.39, 0.29) is 6.29 Å². The van der Waals surface area contributed by atoms with E-state index in [1.54, 1.807) is 21.3 Å². The summed E-state index contributed by atoms with van der Waals surface area (Å²) >= 11 is 3.72. The molecule has 2 aromatic carbocycles. The number of hydrogen-bond donors (Lipinski definition) is 0. The summed E-state index contributed by atoms with van der Waals surface area (Å²) in [5, 5.41) is 2.29. The molecule has 0 N–H and O–H groups in total. The molecule has 0 aliphatic carbocycles. The normalized spacial score (nSPS) is 14.5. The predicted molar refractivity (Wildman–Crippen MR) is 84.6 cm³/mol. The summed E-state index contributed by atoms with van der Waals surface area (Å²) in [6.07, 6.45) is -0.363. The Morgan fingerprint density at radius 2 is 1.55 bits per heavy atom. The van der Waals surface area contributed by atoms with E-state index in [0.29, 0.717) is 0 Å². The molecule has 4 heteroatoms. The molecule has 0 saturated heterocycles. The molecule has 0 heterocycles. The second kappa shape index (κ2) is 6.12. The van der Waals surface area contributed by atoms with Crippen LogP contribution in [-0.4, -0.2) is 27.6 Å². The molecule has 0 aliphatic heterocycles. The van der Waals surface area contributed by atoms with E-state index in [1.807, 2.05) is 19.1 Å². The minimum Gasteiger partial charge on any atom is -0.497 e. The van der Waals surface area contributed by atoms with E-state index >= 15 is 0 Å². The predicted octanol–water partition coefficient (Wildman–Crippen LogP) is 4.08. The van der Waals surface area contributed by atoms with Gasteiger partial charge in [0.1, 0.15) is 5.75 Å². The van der Waals surface area contributed by atoms with Gasteiger partial charge >= 0.3 is 0 Å². The van der Waals surface area contributed by atoms with Gasteiger partial charge in [0.15, 0.2) is 6.29 Å². The molecular formula is C16H19BrO3. The molecule has 0 saturated carbocycles. The molecule has 0 radical (unpaired) electrons. The summed E-state index contributed by atoms with van der Waals surface area (Å²) in [6.45, 7) is 2.04. The molecule has 1 unspecified atom stereocenters. The third-order valence-electron chi connectivity index (χ3n) is 3.48. The maximum Gasteiger partial charge on any atom is 0.175 e. The first kappa shape index (κ1) is 15.3. The van der Waals surface area contributed by atoms with Crippen molar-refractivity contribution >= 4 is 26.7 Å². The van der Waals surface area contributed by atoms with E-state index in [2.05, 4.69) is 40.2 Å². The van der Waals surface area contributed by atoms with Crippen molar-refractivity contribution in [2.24, 2.45) is 0 Å². The Hall–Kier alpha value is -1.10. The number of alkyl halides is 1. The summed E-state index contributed by atoms with van der Waals surface area (Å²) in [4.78, 5) is 0. The van der Waals surface area contributed by atoms with Crippen LogP contribution in [0, 0.1) is 0 Å². The minimum atomic E-state index is -0.412. The summed E-state index contributed by atoms with van der Waals surface area (Å²) in [5.74, 6) is 0.860. The quantitative estimate of drug-likeness (QED) is 0.607. The number of ether oxygens (including phenoxy) is 3. The van der Waals surface area contributed by atoms with Crippen molar-refractivity contribution in [2.75, 3.05) is 21.3 Å². The van der Waals surface area contributed by atoms with Gasteiger partial charge in [0.25, 0.3) is 0 Å². The largest absolute Gasteiger partial charge is 0.497 e. The van der Waals surface area contributed by atoms with Crippen LogP contribution in [0.25, 0.3) is 10.8 Å². The molecule has 0 spiro atoms. The highest BCUT2D eigenvalue weighted by Gasteiger charge is 2.34. The lowest BCUT2D eigenvalue weighted by Gasteiger charge is -2.30. The lowest BCUT2D eigenvalue weighted by atomic mass is 9.97. The van der Waals surface area contributed by atoms with Crippen LogP contribution in [0.4, 0.5) is 0 Å². The van der Waals surface area contributed by atoms with E-state index < -0.39 is 4.32 Å². The Bertz CT molecular complexity index is 591. The number of fused-ring (bicyclic) bond motifs is 1. The fraction of sp³-hybridized carbons (Fsp3) is 0.375. The maximum absolute atomic E-state index is 5.38. The topological polar surface area (TPSA) is 27.7 Å². The van der Waals surface area contributed by atoms with E-state index in [4.69, 9.17) is 14.2 Å². The summed E-state index contributed by atoms with van der Waals surface area (Å²) in [5.41, 5.74) is 1.10. The monoisotopic (exact) mass is 338 g/mol. The van der Waals surface area contributed by atoms with Gasteiger partial charge in [-0.1, -0.05) is 34.1 Å². The highest BCUT2D eigenvalue weighted by Crippen LogP contribution is 2.38. The highest BCUT2D eigenvalue weighted by molar-refractivity contribution is 9.09. The molecule has 0 aromatic heterocycles. The highest BCUT2D eigenvalue weighted by atomic mass is 79.9. The Kier molecular flexibility index (Phi) is 4.68. The van der Waals surface area contributed by atoms with Gasteiger partial charge < -0.3 is 14.2 Å². The Morgan fingerprint density at radius 3 is 2.15 bits per heavy atom. The third-order valence-corrected chi connectivity index (χ3v) is 4.31. The van der Waals surface area contributed by atoms with E-state index in [9.17, 15) is 0 Å². The lowest BCUT2D eigenvalue weighted by molar-refractivity contribution is -0.122. The zero-order chi connectivity index (χ0) is 14.8. The van der Waals surface area contributed by atoms with Crippen LogP contribution < -0.4 is 4.74 Å². The second-order valence-corrected chi connectivity index (χ2v) is 6.45. The molecule has 108 valence electrons. The maximum atomic E-state index is 5.38. The molecule has 20 heavy (non-hydrogen) atoms. The van der Waals surface area contributed by atoms with Crippen LogP contribution in [0.2, 0.25) is 0 Å². The van der Waals surface area contributed by atoms with Crippen LogP contribution in [-0.2, 0) is 13.8 Å². The molecule has 0 aliphatic rings. The van der Waals surface area contributed by atoms with Gasteiger partial charge in [-0.05, 0) is 41.5 Å². The number of methoxy groups -OCH3 is 3. The number of halogens is 1. The van der Waals surface area contributed by atoms with Gasteiger partial charge in [0, 0.05) is 14.2 Å². The van der Waals surface area contributed by atoms with Gasteiger partial charge in [0.2, 0.25) is 0 Å².